The highest BCUT2D eigenvalue weighted by Gasteiger charge is 2.35. The molecule has 0 aromatic heterocycles. The summed E-state index contributed by atoms with van der Waals surface area (Å²) >= 11 is 0. The van der Waals surface area contributed by atoms with Gasteiger partial charge in [-0.2, -0.15) is 0 Å². The van der Waals surface area contributed by atoms with E-state index in [0.29, 0.717) is 0 Å². The van der Waals surface area contributed by atoms with E-state index in [1.54, 1.807) is 0 Å². The lowest BCUT2D eigenvalue weighted by molar-refractivity contribution is 0.0294. The molecule has 0 aromatic carbocycles. The minimum absolute atomic E-state index is 0.270. The van der Waals surface area contributed by atoms with Crippen LogP contribution in [-0.4, -0.2) is 54.6 Å². The Bertz CT molecular complexity index is 217. The molecule has 3 nitrogen and oxygen atoms in total. The molecule has 0 amide bonds. The number of piperazine rings is 1. The predicted octanol–water partition coefficient (Wildman–Crippen LogP) is 1.53. The van der Waals surface area contributed by atoms with Crippen molar-refractivity contribution in [3.05, 3.63) is 0 Å². The van der Waals surface area contributed by atoms with Gasteiger partial charge in [-0.15, -0.1) is 0 Å². The smallest absolute Gasteiger partial charge is 0.0327 e. The van der Waals surface area contributed by atoms with Crippen molar-refractivity contribution in [1.82, 2.24) is 9.80 Å². The molecule has 1 heterocycles. The Hall–Kier alpha value is -0.120. The Morgan fingerprint density at radius 1 is 1.06 bits per heavy atom. The van der Waals surface area contributed by atoms with Gasteiger partial charge in [-0.1, -0.05) is 13.8 Å². The Balaban J connectivity index is 1.83. The van der Waals surface area contributed by atoms with Crippen molar-refractivity contribution in [2.75, 3.05) is 39.3 Å². The molecular weight excluding hydrogens is 210 g/mol. The minimum Gasteiger partial charge on any atom is -0.329 e. The first-order chi connectivity index (χ1) is 8.24. The molecule has 0 atom stereocenters. The van der Waals surface area contributed by atoms with Gasteiger partial charge < -0.3 is 10.6 Å². The second kappa shape index (κ2) is 5.68. The average Bonchev–Trinajstić information content (AvgIpc) is 3.18. The number of nitrogens with zero attached hydrogens (tertiary/aromatic N) is 2. The molecule has 1 saturated heterocycles. The van der Waals surface area contributed by atoms with E-state index in [2.05, 4.69) is 23.6 Å². The van der Waals surface area contributed by atoms with Gasteiger partial charge in [0.1, 0.15) is 0 Å². The van der Waals surface area contributed by atoms with Gasteiger partial charge in [-0.25, -0.2) is 0 Å². The zero-order valence-corrected chi connectivity index (χ0v) is 11.6. The summed E-state index contributed by atoms with van der Waals surface area (Å²) in [5.74, 6) is 1.03. The molecule has 0 unspecified atom stereocenters. The fourth-order valence-corrected chi connectivity index (χ4v) is 3.19. The van der Waals surface area contributed by atoms with E-state index in [1.165, 1.54) is 58.4 Å². The molecule has 2 fully saturated rings. The Kier molecular flexibility index (Phi) is 4.45. The van der Waals surface area contributed by atoms with Crippen molar-refractivity contribution in [3.63, 3.8) is 0 Å². The highest BCUT2D eigenvalue weighted by molar-refractivity contribution is 4.92. The first-order valence-electron chi connectivity index (χ1n) is 7.41. The Labute approximate surface area is 106 Å². The summed E-state index contributed by atoms with van der Waals surface area (Å²) in [5.41, 5.74) is 6.30. The number of hydrogen-bond acceptors (Lipinski definition) is 3. The summed E-state index contributed by atoms with van der Waals surface area (Å²) < 4.78 is 0. The van der Waals surface area contributed by atoms with E-state index in [4.69, 9.17) is 5.73 Å². The first kappa shape index (κ1) is 13.3. The van der Waals surface area contributed by atoms with Crippen LogP contribution >= 0.6 is 0 Å². The zero-order chi connectivity index (χ0) is 12.3. The Morgan fingerprint density at radius 3 is 2.06 bits per heavy atom. The van der Waals surface area contributed by atoms with Crippen LogP contribution in [0, 0.1) is 5.92 Å². The molecular formula is C14H29N3. The van der Waals surface area contributed by atoms with Crippen LogP contribution < -0.4 is 5.73 Å². The third-order valence-corrected chi connectivity index (χ3v) is 4.95. The third-order valence-electron chi connectivity index (χ3n) is 4.95. The average molecular weight is 239 g/mol. The van der Waals surface area contributed by atoms with E-state index in [9.17, 15) is 0 Å². The minimum atomic E-state index is 0.270. The molecule has 1 aliphatic carbocycles. The van der Waals surface area contributed by atoms with Gasteiger partial charge in [0.05, 0.1) is 0 Å². The second-order valence-electron chi connectivity index (χ2n) is 5.87. The number of rotatable bonds is 6. The molecule has 3 heteroatoms. The summed E-state index contributed by atoms with van der Waals surface area (Å²) in [7, 11) is 0. The first-order valence-corrected chi connectivity index (χ1v) is 7.41. The molecule has 1 saturated carbocycles. The van der Waals surface area contributed by atoms with Crippen molar-refractivity contribution < 1.29 is 0 Å². The van der Waals surface area contributed by atoms with Gasteiger partial charge in [-0.05, 0) is 31.6 Å². The summed E-state index contributed by atoms with van der Waals surface area (Å²) in [6.07, 6.45) is 5.30. The molecule has 0 spiro atoms. The van der Waals surface area contributed by atoms with Crippen molar-refractivity contribution in [2.24, 2.45) is 11.7 Å². The SMILES string of the molecule is CCC(CC)(CN)N1CCN(CC2CC2)CC1. The maximum atomic E-state index is 6.03. The van der Waals surface area contributed by atoms with Crippen molar-refractivity contribution in [3.8, 4) is 0 Å². The number of nitrogens with two attached hydrogens (primary N) is 1. The van der Waals surface area contributed by atoms with Crippen LogP contribution in [0.4, 0.5) is 0 Å². The van der Waals surface area contributed by atoms with Crippen molar-refractivity contribution >= 4 is 0 Å². The highest BCUT2D eigenvalue weighted by atomic mass is 15.3. The van der Waals surface area contributed by atoms with Crippen LogP contribution in [0.15, 0.2) is 0 Å². The van der Waals surface area contributed by atoms with Crippen LogP contribution in [0.3, 0.4) is 0 Å². The van der Waals surface area contributed by atoms with Crippen LogP contribution in [0.5, 0.6) is 0 Å². The topological polar surface area (TPSA) is 32.5 Å². The molecule has 17 heavy (non-hydrogen) atoms. The lowest BCUT2D eigenvalue weighted by Gasteiger charge is -2.47. The molecule has 2 N–H and O–H groups in total. The Morgan fingerprint density at radius 2 is 1.65 bits per heavy atom. The van der Waals surface area contributed by atoms with Gasteiger partial charge in [0.25, 0.3) is 0 Å². The standard InChI is InChI=1S/C14H29N3/c1-3-14(4-2,12-15)17-9-7-16(8-10-17)11-13-5-6-13/h13H,3-12,15H2,1-2H3. The van der Waals surface area contributed by atoms with Gasteiger partial charge in [0.2, 0.25) is 0 Å². The van der Waals surface area contributed by atoms with E-state index >= 15 is 0 Å². The maximum absolute atomic E-state index is 6.03. The number of hydrogen-bond donors (Lipinski definition) is 1. The molecule has 0 bridgehead atoms. The van der Waals surface area contributed by atoms with Crippen LogP contribution in [0.25, 0.3) is 0 Å². The monoisotopic (exact) mass is 239 g/mol. The van der Waals surface area contributed by atoms with Gasteiger partial charge in [0, 0.05) is 44.8 Å². The largest absolute Gasteiger partial charge is 0.329 e. The van der Waals surface area contributed by atoms with E-state index in [-0.39, 0.29) is 5.54 Å². The van der Waals surface area contributed by atoms with Gasteiger partial charge >= 0.3 is 0 Å². The normalized spacial score (nSPS) is 24.2. The summed E-state index contributed by atoms with van der Waals surface area (Å²) in [6, 6.07) is 0. The molecule has 2 rings (SSSR count). The molecule has 2 aliphatic rings. The van der Waals surface area contributed by atoms with Crippen LogP contribution in [0.2, 0.25) is 0 Å². The molecule has 1 aliphatic heterocycles. The lowest BCUT2D eigenvalue weighted by atomic mass is 9.90. The summed E-state index contributed by atoms with van der Waals surface area (Å²) in [4.78, 5) is 5.30. The predicted molar refractivity (Wildman–Crippen MR) is 73.1 cm³/mol. The van der Waals surface area contributed by atoms with Crippen molar-refractivity contribution in [2.45, 2.75) is 45.1 Å². The van der Waals surface area contributed by atoms with Crippen molar-refractivity contribution in [1.29, 1.82) is 0 Å². The molecule has 0 radical (unpaired) electrons. The zero-order valence-electron chi connectivity index (χ0n) is 11.6. The quantitative estimate of drug-likeness (QED) is 0.763. The third kappa shape index (κ3) is 3.01. The highest BCUT2D eigenvalue weighted by Crippen LogP contribution is 2.31. The molecule has 100 valence electrons. The van der Waals surface area contributed by atoms with E-state index in [1.807, 2.05) is 0 Å². The maximum Gasteiger partial charge on any atom is 0.0327 e. The van der Waals surface area contributed by atoms with E-state index < -0.39 is 0 Å². The van der Waals surface area contributed by atoms with Crippen LogP contribution in [-0.2, 0) is 0 Å². The van der Waals surface area contributed by atoms with E-state index in [0.717, 1.165) is 12.5 Å². The van der Waals surface area contributed by atoms with Gasteiger partial charge in [-0.3, -0.25) is 4.90 Å². The van der Waals surface area contributed by atoms with Crippen LogP contribution in [0.1, 0.15) is 39.5 Å². The summed E-state index contributed by atoms with van der Waals surface area (Å²) in [6.45, 7) is 11.7. The second-order valence-corrected chi connectivity index (χ2v) is 5.87. The fraction of sp³-hybridized carbons (Fsp3) is 1.00. The lowest BCUT2D eigenvalue weighted by Crippen LogP contribution is -2.59. The summed E-state index contributed by atoms with van der Waals surface area (Å²) in [5, 5.41) is 0. The fourth-order valence-electron chi connectivity index (χ4n) is 3.19. The van der Waals surface area contributed by atoms with Gasteiger partial charge in [0.15, 0.2) is 0 Å². The molecule has 0 aromatic rings.